The van der Waals surface area contributed by atoms with E-state index in [0.29, 0.717) is 6.10 Å². The summed E-state index contributed by atoms with van der Waals surface area (Å²) >= 11 is 1.27. The molecule has 1 atom stereocenters. The molecule has 2 heterocycles. The number of rotatable bonds is 6. The second-order valence-corrected chi connectivity index (χ2v) is 5.74. The molecule has 1 saturated heterocycles. The molecule has 0 amide bonds. The summed E-state index contributed by atoms with van der Waals surface area (Å²) < 4.78 is 7.81. The summed E-state index contributed by atoms with van der Waals surface area (Å²) in [7, 11) is 0. The largest absolute Gasteiger partial charge is 0.481 e. The topological polar surface area (TPSA) is 64.3 Å². The van der Waals surface area contributed by atoms with E-state index in [0.717, 1.165) is 36.8 Å². The molecule has 1 aromatic heterocycles. The van der Waals surface area contributed by atoms with Gasteiger partial charge in [0, 0.05) is 25.0 Å². The lowest BCUT2D eigenvalue weighted by atomic mass is 10.1. The van der Waals surface area contributed by atoms with E-state index in [1.165, 1.54) is 24.6 Å². The number of hydrogen-bond donors (Lipinski definition) is 1. The minimum atomic E-state index is -0.812. The second-order valence-electron chi connectivity index (χ2n) is 4.79. The van der Waals surface area contributed by atoms with E-state index in [2.05, 4.69) is 9.55 Å². The average molecular weight is 284 g/mol. The Balaban J connectivity index is 1.90. The smallest absolute Gasteiger partial charge is 0.313 e. The van der Waals surface area contributed by atoms with Crippen LogP contribution in [0, 0.1) is 6.92 Å². The van der Waals surface area contributed by atoms with Gasteiger partial charge >= 0.3 is 5.97 Å². The monoisotopic (exact) mass is 284 g/mol. The van der Waals surface area contributed by atoms with E-state index in [1.54, 1.807) is 6.20 Å². The quantitative estimate of drug-likeness (QED) is 0.812. The Kier molecular flexibility index (Phi) is 5.27. The summed E-state index contributed by atoms with van der Waals surface area (Å²) in [5, 5.41) is 9.52. The SMILES string of the molecule is Cc1cnc(SCC(=O)O)n1CCC1CCCCO1. The number of thioether (sulfide) groups is 1. The molecule has 6 heteroatoms. The Morgan fingerprint density at radius 1 is 1.63 bits per heavy atom. The average Bonchev–Trinajstić information content (AvgIpc) is 2.76. The van der Waals surface area contributed by atoms with Crippen LogP contribution < -0.4 is 0 Å². The fourth-order valence-electron chi connectivity index (χ4n) is 2.26. The van der Waals surface area contributed by atoms with Gasteiger partial charge < -0.3 is 14.4 Å². The minimum Gasteiger partial charge on any atom is -0.481 e. The molecule has 0 bridgehead atoms. The number of carbonyl (C=O) groups is 1. The molecule has 1 aliphatic heterocycles. The molecule has 0 radical (unpaired) electrons. The van der Waals surface area contributed by atoms with Gasteiger partial charge in [-0.3, -0.25) is 4.79 Å². The Bertz CT molecular complexity index is 428. The molecule has 106 valence electrons. The molecule has 0 aromatic carbocycles. The highest BCUT2D eigenvalue weighted by Crippen LogP contribution is 2.21. The zero-order valence-electron chi connectivity index (χ0n) is 11.2. The number of aromatic nitrogens is 2. The van der Waals surface area contributed by atoms with Crippen LogP contribution >= 0.6 is 11.8 Å². The first-order valence-electron chi connectivity index (χ1n) is 6.65. The lowest BCUT2D eigenvalue weighted by molar-refractivity contribution is -0.133. The van der Waals surface area contributed by atoms with Crippen molar-refractivity contribution in [3.05, 3.63) is 11.9 Å². The molecule has 1 aromatic rings. The number of aryl methyl sites for hydroxylation is 1. The number of aliphatic carboxylic acids is 1. The summed E-state index contributed by atoms with van der Waals surface area (Å²) in [6.07, 6.45) is 6.65. The maximum Gasteiger partial charge on any atom is 0.313 e. The fraction of sp³-hybridized carbons (Fsp3) is 0.692. The zero-order valence-corrected chi connectivity index (χ0v) is 12.0. The van der Waals surface area contributed by atoms with E-state index >= 15 is 0 Å². The third-order valence-electron chi connectivity index (χ3n) is 3.29. The number of carboxylic acids is 1. The van der Waals surface area contributed by atoms with Gasteiger partial charge in [-0.1, -0.05) is 11.8 Å². The molecule has 5 nitrogen and oxygen atoms in total. The third-order valence-corrected chi connectivity index (χ3v) is 4.27. The molecule has 19 heavy (non-hydrogen) atoms. The van der Waals surface area contributed by atoms with Crippen LogP contribution in [0.2, 0.25) is 0 Å². The van der Waals surface area contributed by atoms with Crippen molar-refractivity contribution in [2.24, 2.45) is 0 Å². The lowest BCUT2D eigenvalue weighted by Crippen LogP contribution is -2.21. The highest BCUT2D eigenvalue weighted by Gasteiger charge is 2.16. The van der Waals surface area contributed by atoms with Crippen LogP contribution in [0.3, 0.4) is 0 Å². The number of nitrogens with zero attached hydrogens (tertiary/aromatic N) is 2. The molecule has 1 fully saturated rings. The molecule has 2 rings (SSSR count). The highest BCUT2D eigenvalue weighted by atomic mass is 32.2. The maximum atomic E-state index is 10.6. The van der Waals surface area contributed by atoms with Crippen molar-refractivity contribution in [1.82, 2.24) is 9.55 Å². The highest BCUT2D eigenvalue weighted by molar-refractivity contribution is 7.99. The molecule has 1 unspecified atom stereocenters. The lowest BCUT2D eigenvalue weighted by Gasteiger charge is -2.23. The number of carboxylic acid groups (broad SMARTS) is 1. The van der Waals surface area contributed by atoms with Crippen molar-refractivity contribution in [1.29, 1.82) is 0 Å². The van der Waals surface area contributed by atoms with Crippen LogP contribution in [-0.2, 0) is 16.1 Å². The van der Waals surface area contributed by atoms with Crippen molar-refractivity contribution >= 4 is 17.7 Å². The normalized spacial score (nSPS) is 19.5. The van der Waals surface area contributed by atoms with Gasteiger partial charge in [-0.2, -0.15) is 0 Å². The summed E-state index contributed by atoms with van der Waals surface area (Å²) in [4.78, 5) is 14.9. The predicted molar refractivity (Wildman–Crippen MR) is 73.5 cm³/mol. The van der Waals surface area contributed by atoms with Crippen LogP contribution in [0.4, 0.5) is 0 Å². The van der Waals surface area contributed by atoms with E-state index in [4.69, 9.17) is 9.84 Å². The number of ether oxygens (including phenoxy) is 1. The molecule has 0 aliphatic carbocycles. The summed E-state index contributed by atoms with van der Waals surface area (Å²) in [5.41, 5.74) is 1.07. The van der Waals surface area contributed by atoms with Crippen molar-refractivity contribution in [2.45, 2.75) is 50.4 Å². The van der Waals surface area contributed by atoms with Crippen molar-refractivity contribution in [2.75, 3.05) is 12.4 Å². The number of imidazole rings is 1. The van der Waals surface area contributed by atoms with Gasteiger partial charge in [-0.15, -0.1) is 0 Å². The summed E-state index contributed by atoms with van der Waals surface area (Å²) in [5.74, 6) is -0.760. The Labute approximate surface area is 117 Å². The molecule has 1 N–H and O–H groups in total. The van der Waals surface area contributed by atoms with Crippen LogP contribution in [-0.4, -0.2) is 39.1 Å². The second kappa shape index (κ2) is 6.96. The van der Waals surface area contributed by atoms with Gasteiger partial charge in [0.25, 0.3) is 0 Å². The first-order valence-corrected chi connectivity index (χ1v) is 7.63. The Morgan fingerprint density at radius 2 is 2.47 bits per heavy atom. The zero-order chi connectivity index (χ0) is 13.7. The third kappa shape index (κ3) is 4.24. The van der Waals surface area contributed by atoms with Gasteiger partial charge in [0.15, 0.2) is 5.16 Å². The Morgan fingerprint density at radius 3 is 3.16 bits per heavy atom. The van der Waals surface area contributed by atoms with Gasteiger partial charge in [-0.05, 0) is 32.6 Å². The minimum absolute atomic E-state index is 0.0520. The standard InChI is InChI=1S/C13H20N2O3S/c1-10-8-14-13(19-9-12(16)17)15(10)6-5-11-4-2-3-7-18-11/h8,11H,2-7,9H2,1H3,(H,16,17). The van der Waals surface area contributed by atoms with Crippen LogP contribution in [0.15, 0.2) is 11.4 Å². The molecule has 0 spiro atoms. The van der Waals surface area contributed by atoms with E-state index in [1.807, 2.05) is 6.92 Å². The van der Waals surface area contributed by atoms with Crippen molar-refractivity contribution in [3.8, 4) is 0 Å². The van der Waals surface area contributed by atoms with Gasteiger partial charge in [0.05, 0.1) is 11.9 Å². The maximum absolute atomic E-state index is 10.6. The van der Waals surface area contributed by atoms with E-state index in [9.17, 15) is 4.79 Å². The van der Waals surface area contributed by atoms with Gasteiger partial charge in [0.2, 0.25) is 0 Å². The summed E-state index contributed by atoms with van der Waals surface area (Å²) in [6.45, 7) is 3.71. The first kappa shape index (κ1) is 14.4. The van der Waals surface area contributed by atoms with Crippen LogP contribution in [0.25, 0.3) is 0 Å². The van der Waals surface area contributed by atoms with Crippen molar-refractivity contribution < 1.29 is 14.6 Å². The van der Waals surface area contributed by atoms with E-state index < -0.39 is 5.97 Å². The van der Waals surface area contributed by atoms with Gasteiger partial charge in [-0.25, -0.2) is 4.98 Å². The van der Waals surface area contributed by atoms with Crippen molar-refractivity contribution in [3.63, 3.8) is 0 Å². The molecular weight excluding hydrogens is 264 g/mol. The predicted octanol–water partition coefficient (Wildman–Crippen LogP) is 2.33. The molecule has 1 aliphatic rings. The van der Waals surface area contributed by atoms with E-state index in [-0.39, 0.29) is 5.75 Å². The van der Waals surface area contributed by atoms with Crippen LogP contribution in [0.5, 0.6) is 0 Å². The summed E-state index contributed by atoms with van der Waals surface area (Å²) in [6, 6.07) is 0. The Hall–Kier alpha value is -1.01. The van der Waals surface area contributed by atoms with Crippen LogP contribution in [0.1, 0.15) is 31.4 Å². The molecular formula is C13H20N2O3S. The van der Waals surface area contributed by atoms with Gasteiger partial charge in [0.1, 0.15) is 0 Å². The first-order chi connectivity index (χ1) is 9.16. The fourth-order valence-corrected chi connectivity index (χ4v) is 3.03. The number of hydrogen-bond acceptors (Lipinski definition) is 4. The molecule has 0 saturated carbocycles.